The van der Waals surface area contributed by atoms with Crippen molar-refractivity contribution in [1.82, 2.24) is 9.80 Å². The number of rotatable bonds is 3. The number of nitrogens with zero attached hydrogens (tertiary/aromatic N) is 2. The Morgan fingerprint density at radius 3 is 2.24 bits per heavy atom. The Bertz CT molecular complexity index is 367. The Morgan fingerprint density at radius 2 is 1.76 bits per heavy atom. The Balaban J connectivity index is 2.26. The van der Waals surface area contributed by atoms with Gasteiger partial charge in [0, 0.05) is 18.6 Å². The van der Waals surface area contributed by atoms with Gasteiger partial charge in [0.25, 0.3) is 0 Å². The molecule has 17 heavy (non-hydrogen) atoms. The van der Waals surface area contributed by atoms with Crippen LogP contribution in [0.2, 0.25) is 0 Å². The number of carbonyl (C=O) groups is 1. The molecule has 0 aliphatic carbocycles. The highest BCUT2D eigenvalue weighted by atomic mass is 16.1. The average molecular weight is 232 g/mol. The maximum atomic E-state index is 10.8. The molecule has 0 aromatic heterocycles. The highest BCUT2D eigenvalue weighted by molar-refractivity contribution is 5.47. The zero-order valence-corrected chi connectivity index (χ0v) is 10.6. The van der Waals surface area contributed by atoms with Crippen molar-refractivity contribution in [3.63, 3.8) is 0 Å². The second kappa shape index (κ2) is 4.88. The molecule has 3 nitrogen and oxygen atoms in total. The van der Waals surface area contributed by atoms with Crippen molar-refractivity contribution in [2.45, 2.75) is 18.4 Å². The summed E-state index contributed by atoms with van der Waals surface area (Å²) in [5.74, 6) is 0. The van der Waals surface area contributed by atoms with Gasteiger partial charge in [-0.25, -0.2) is 0 Å². The van der Waals surface area contributed by atoms with Gasteiger partial charge in [0.2, 0.25) is 6.41 Å². The standard InChI is InChI=1S/C14H20N2O/c1-15(2)14(13-6-4-3-5-7-13)8-10-16(12-17)11-9-14/h3-7,12H,8-11H2,1-2H3. The van der Waals surface area contributed by atoms with E-state index < -0.39 is 0 Å². The summed E-state index contributed by atoms with van der Waals surface area (Å²) in [6, 6.07) is 10.6. The van der Waals surface area contributed by atoms with Gasteiger partial charge in [0.05, 0.1) is 0 Å². The molecule has 1 aromatic carbocycles. The Hall–Kier alpha value is -1.35. The predicted molar refractivity (Wildman–Crippen MR) is 68.7 cm³/mol. The van der Waals surface area contributed by atoms with Crippen molar-refractivity contribution < 1.29 is 4.79 Å². The van der Waals surface area contributed by atoms with E-state index in [0.717, 1.165) is 32.3 Å². The second-order valence-corrected chi connectivity index (χ2v) is 4.93. The van der Waals surface area contributed by atoms with Crippen molar-refractivity contribution >= 4 is 6.41 Å². The van der Waals surface area contributed by atoms with E-state index in [1.165, 1.54) is 5.56 Å². The lowest BCUT2D eigenvalue weighted by molar-refractivity contribution is -0.120. The highest BCUT2D eigenvalue weighted by Gasteiger charge is 2.37. The molecule has 0 N–H and O–H groups in total. The topological polar surface area (TPSA) is 23.6 Å². The van der Waals surface area contributed by atoms with Gasteiger partial charge in [0.15, 0.2) is 0 Å². The molecule has 0 atom stereocenters. The van der Waals surface area contributed by atoms with Gasteiger partial charge in [-0.15, -0.1) is 0 Å². The number of hydrogen-bond acceptors (Lipinski definition) is 2. The summed E-state index contributed by atoms with van der Waals surface area (Å²) in [5.41, 5.74) is 1.44. The van der Waals surface area contributed by atoms with Crippen LogP contribution in [-0.4, -0.2) is 43.4 Å². The summed E-state index contributed by atoms with van der Waals surface area (Å²) >= 11 is 0. The SMILES string of the molecule is CN(C)C1(c2ccccc2)CCN(C=O)CC1. The number of carbonyl (C=O) groups excluding carboxylic acids is 1. The molecule has 92 valence electrons. The fourth-order valence-corrected chi connectivity index (χ4v) is 2.74. The molecule has 0 radical (unpaired) electrons. The molecular formula is C14H20N2O. The second-order valence-electron chi connectivity index (χ2n) is 4.93. The van der Waals surface area contributed by atoms with Crippen LogP contribution in [0.15, 0.2) is 30.3 Å². The molecule has 1 fully saturated rings. The van der Waals surface area contributed by atoms with Gasteiger partial charge in [-0.2, -0.15) is 0 Å². The van der Waals surface area contributed by atoms with Crippen LogP contribution < -0.4 is 0 Å². The third-order valence-electron chi connectivity index (χ3n) is 3.94. The van der Waals surface area contributed by atoms with Crippen LogP contribution in [0.25, 0.3) is 0 Å². The van der Waals surface area contributed by atoms with Crippen molar-refractivity contribution in [1.29, 1.82) is 0 Å². The molecule has 1 amide bonds. The average Bonchev–Trinajstić information content (AvgIpc) is 2.39. The summed E-state index contributed by atoms with van der Waals surface area (Å²) in [7, 11) is 4.26. The first-order valence-corrected chi connectivity index (χ1v) is 6.11. The van der Waals surface area contributed by atoms with Gasteiger partial charge in [-0.05, 0) is 32.5 Å². The Morgan fingerprint density at radius 1 is 1.18 bits per heavy atom. The van der Waals surface area contributed by atoms with E-state index in [9.17, 15) is 4.79 Å². The molecular weight excluding hydrogens is 212 g/mol. The molecule has 0 spiro atoms. The molecule has 1 aliphatic heterocycles. The van der Waals surface area contributed by atoms with E-state index >= 15 is 0 Å². The molecule has 0 saturated carbocycles. The zero-order valence-electron chi connectivity index (χ0n) is 10.6. The van der Waals surface area contributed by atoms with Crippen molar-refractivity contribution in [2.24, 2.45) is 0 Å². The van der Waals surface area contributed by atoms with E-state index in [0.29, 0.717) is 0 Å². The first-order chi connectivity index (χ1) is 8.19. The third kappa shape index (κ3) is 2.20. The van der Waals surface area contributed by atoms with E-state index in [2.05, 4.69) is 43.3 Å². The first-order valence-electron chi connectivity index (χ1n) is 6.11. The maximum absolute atomic E-state index is 10.8. The number of hydrogen-bond donors (Lipinski definition) is 0. The van der Waals surface area contributed by atoms with Crippen LogP contribution in [-0.2, 0) is 10.3 Å². The van der Waals surface area contributed by atoms with Crippen molar-refractivity contribution in [3.05, 3.63) is 35.9 Å². The van der Waals surface area contributed by atoms with E-state index in [1.54, 1.807) is 0 Å². The van der Waals surface area contributed by atoms with Crippen LogP contribution in [0.1, 0.15) is 18.4 Å². The smallest absolute Gasteiger partial charge is 0.209 e. The van der Waals surface area contributed by atoms with Crippen LogP contribution in [0.5, 0.6) is 0 Å². The number of amides is 1. The molecule has 1 saturated heterocycles. The molecule has 1 heterocycles. The van der Waals surface area contributed by atoms with Gasteiger partial charge in [-0.3, -0.25) is 9.69 Å². The minimum Gasteiger partial charge on any atom is -0.345 e. The third-order valence-corrected chi connectivity index (χ3v) is 3.94. The number of likely N-dealkylation sites (tertiary alicyclic amines) is 1. The van der Waals surface area contributed by atoms with Crippen LogP contribution in [0, 0.1) is 0 Å². The van der Waals surface area contributed by atoms with E-state index in [4.69, 9.17) is 0 Å². The van der Waals surface area contributed by atoms with E-state index in [-0.39, 0.29) is 5.54 Å². The maximum Gasteiger partial charge on any atom is 0.209 e. The largest absolute Gasteiger partial charge is 0.345 e. The fourth-order valence-electron chi connectivity index (χ4n) is 2.74. The van der Waals surface area contributed by atoms with Crippen molar-refractivity contribution in [2.75, 3.05) is 27.2 Å². The molecule has 3 heteroatoms. The molecule has 0 bridgehead atoms. The minimum atomic E-state index is 0.0841. The molecule has 1 aromatic rings. The summed E-state index contributed by atoms with van der Waals surface area (Å²) in [6.07, 6.45) is 2.97. The van der Waals surface area contributed by atoms with Crippen LogP contribution in [0.4, 0.5) is 0 Å². The summed E-state index contributed by atoms with van der Waals surface area (Å²) in [4.78, 5) is 15.0. The number of benzene rings is 1. The van der Waals surface area contributed by atoms with Gasteiger partial charge < -0.3 is 4.90 Å². The predicted octanol–water partition coefficient (Wildman–Crippen LogP) is 1.70. The van der Waals surface area contributed by atoms with E-state index in [1.807, 2.05) is 11.0 Å². The fraction of sp³-hybridized carbons (Fsp3) is 0.500. The lowest BCUT2D eigenvalue weighted by atomic mass is 9.80. The number of piperidine rings is 1. The molecule has 1 aliphatic rings. The molecule has 0 unspecified atom stereocenters. The first kappa shape index (κ1) is 12.1. The lowest BCUT2D eigenvalue weighted by Crippen LogP contribution is -2.50. The molecule has 2 rings (SSSR count). The van der Waals surface area contributed by atoms with Gasteiger partial charge in [-0.1, -0.05) is 30.3 Å². The minimum absolute atomic E-state index is 0.0841. The van der Waals surface area contributed by atoms with Crippen LogP contribution in [0.3, 0.4) is 0 Å². The summed E-state index contributed by atoms with van der Waals surface area (Å²) in [6.45, 7) is 1.69. The monoisotopic (exact) mass is 232 g/mol. The Labute approximate surface area is 103 Å². The lowest BCUT2D eigenvalue weighted by Gasteiger charge is -2.45. The summed E-state index contributed by atoms with van der Waals surface area (Å²) < 4.78 is 0. The quantitative estimate of drug-likeness (QED) is 0.741. The Kier molecular flexibility index (Phi) is 3.48. The normalized spacial score (nSPS) is 19.4. The summed E-state index contributed by atoms with van der Waals surface area (Å²) in [5, 5.41) is 0. The van der Waals surface area contributed by atoms with Crippen molar-refractivity contribution in [3.8, 4) is 0 Å². The zero-order chi connectivity index (χ0) is 12.3. The van der Waals surface area contributed by atoms with Gasteiger partial charge >= 0.3 is 0 Å². The highest BCUT2D eigenvalue weighted by Crippen LogP contribution is 2.36. The van der Waals surface area contributed by atoms with Crippen LogP contribution >= 0.6 is 0 Å². The van der Waals surface area contributed by atoms with Gasteiger partial charge in [0.1, 0.15) is 0 Å².